The fourth-order valence-electron chi connectivity index (χ4n) is 2.97. The number of halogens is 3. The summed E-state index contributed by atoms with van der Waals surface area (Å²) in [5.41, 5.74) is -0.948. The van der Waals surface area contributed by atoms with Crippen LogP contribution in [0.15, 0.2) is 47.5 Å². The maximum atomic E-state index is 12.9. The van der Waals surface area contributed by atoms with Crippen LogP contribution in [-0.2, 0) is 22.3 Å². The van der Waals surface area contributed by atoms with Gasteiger partial charge in [-0.15, -0.1) is 0 Å². The number of aromatic nitrogens is 2. The maximum Gasteiger partial charge on any atom is 0.416 e. The summed E-state index contributed by atoms with van der Waals surface area (Å²) in [6.07, 6.45) is -2.32. The van der Waals surface area contributed by atoms with E-state index in [-0.39, 0.29) is 31.6 Å². The number of nitrogens with zero attached hydrogens (tertiary/aromatic N) is 3. The van der Waals surface area contributed by atoms with E-state index in [0.29, 0.717) is 5.56 Å². The van der Waals surface area contributed by atoms with Crippen molar-refractivity contribution in [3.05, 3.63) is 64.3 Å². The number of rotatable bonds is 3. The van der Waals surface area contributed by atoms with Gasteiger partial charge in [-0.2, -0.15) is 13.2 Å². The molecular formula is C18H18F3N3O3. The zero-order valence-corrected chi connectivity index (χ0v) is 14.5. The fourth-order valence-corrected chi connectivity index (χ4v) is 2.97. The summed E-state index contributed by atoms with van der Waals surface area (Å²) in [5.74, 6) is -0.321. The van der Waals surface area contributed by atoms with E-state index in [9.17, 15) is 22.8 Å². The minimum Gasteiger partial charge on any atom is -0.370 e. The highest BCUT2D eigenvalue weighted by Crippen LogP contribution is 2.32. The average Bonchev–Trinajstić information content (AvgIpc) is 2.63. The lowest BCUT2D eigenvalue weighted by molar-refractivity contribution is -0.145. The van der Waals surface area contributed by atoms with Gasteiger partial charge in [-0.3, -0.25) is 9.36 Å². The van der Waals surface area contributed by atoms with Gasteiger partial charge in [-0.05, 0) is 30.7 Å². The van der Waals surface area contributed by atoms with Crippen LogP contribution in [0.3, 0.4) is 0 Å². The first-order valence-corrected chi connectivity index (χ1v) is 8.35. The smallest absolute Gasteiger partial charge is 0.370 e. The highest BCUT2D eigenvalue weighted by atomic mass is 19.4. The second kappa shape index (κ2) is 7.51. The molecule has 0 bridgehead atoms. The summed E-state index contributed by atoms with van der Waals surface area (Å²) in [4.78, 5) is 29.4. The third kappa shape index (κ3) is 4.36. The van der Waals surface area contributed by atoms with Gasteiger partial charge in [0.25, 0.3) is 0 Å². The Bertz CT molecular complexity index is 882. The van der Waals surface area contributed by atoms with Gasteiger partial charge in [0, 0.05) is 12.4 Å². The Balaban J connectivity index is 1.77. The number of ether oxygens (including phenoxy) is 1. The summed E-state index contributed by atoms with van der Waals surface area (Å²) in [7, 11) is 0. The van der Waals surface area contributed by atoms with E-state index in [1.54, 1.807) is 19.1 Å². The summed E-state index contributed by atoms with van der Waals surface area (Å²) >= 11 is 0. The minimum atomic E-state index is -4.45. The second-order valence-corrected chi connectivity index (χ2v) is 6.37. The van der Waals surface area contributed by atoms with Crippen LogP contribution in [0.2, 0.25) is 0 Å². The molecule has 1 aliphatic rings. The van der Waals surface area contributed by atoms with Crippen LogP contribution in [0.4, 0.5) is 13.2 Å². The maximum absolute atomic E-state index is 12.9. The first-order chi connectivity index (χ1) is 12.8. The van der Waals surface area contributed by atoms with E-state index in [0.717, 1.165) is 12.1 Å². The molecule has 0 aliphatic carbocycles. The number of benzene rings is 1. The van der Waals surface area contributed by atoms with Gasteiger partial charge in [-0.1, -0.05) is 12.1 Å². The van der Waals surface area contributed by atoms with Crippen molar-refractivity contribution in [2.24, 2.45) is 0 Å². The van der Waals surface area contributed by atoms with E-state index in [1.807, 2.05) is 0 Å². The van der Waals surface area contributed by atoms with Gasteiger partial charge in [0.1, 0.15) is 12.6 Å². The Hall–Kier alpha value is -2.68. The van der Waals surface area contributed by atoms with Gasteiger partial charge >= 0.3 is 11.9 Å². The van der Waals surface area contributed by atoms with Crippen molar-refractivity contribution in [3.63, 3.8) is 0 Å². The SMILES string of the molecule is CC1COC(c2cccc(C(F)(F)F)c2)CN1C(=O)Cn1cccnc1=O. The number of hydrogen-bond donors (Lipinski definition) is 0. The molecule has 0 radical (unpaired) electrons. The lowest BCUT2D eigenvalue weighted by Crippen LogP contribution is -2.50. The molecule has 1 fully saturated rings. The molecule has 3 rings (SSSR count). The highest BCUT2D eigenvalue weighted by molar-refractivity contribution is 5.76. The fraction of sp³-hybridized carbons (Fsp3) is 0.389. The van der Waals surface area contributed by atoms with Crippen molar-refractivity contribution in [2.45, 2.75) is 31.8 Å². The predicted octanol–water partition coefficient (Wildman–Crippen LogP) is 2.25. The number of carbonyl (C=O) groups is 1. The zero-order valence-electron chi connectivity index (χ0n) is 14.5. The Kier molecular flexibility index (Phi) is 5.31. The van der Waals surface area contributed by atoms with Crippen molar-refractivity contribution in [1.82, 2.24) is 14.5 Å². The van der Waals surface area contributed by atoms with Crippen molar-refractivity contribution >= 4 is 5.91 Å². The molecule has 2 aromatic rings. The topological polar surface area (TPSA) is 64.4 Å². The molecule has 0 N–H and O–H groups in total. The van der Waals surface area contributed by atoms with E-state index < -0.39 is 23.5 Å². The van der Waals surface area contributed by atoms with Gasteiger partial charge in [0.15, 0.2) is 0 Å². The average molecular weight is 381 g/mol. The van der Waals surface area contributed by atoms with Crippen molar-refractivity contribution in [2.75, 3.05) is 13.2 Å². The van der Waals surface area contributed by atoms with Crippen LogP contribution in [0.1, 0.15) is 24.2 Å². The quantitative estimate of drug-likeness (QED) is 0.818. The number of alkyl halides is 3. The number of carbonyl (C=O) groups excluding carboxylic acids is 1. The van der Waals surface area contributed by atoms with E-state index >= 15 is 0 Å². The Morgan fingerprint density at radius 3 is 2.81 bits per heavy atom. The zero-order chi connectivity index (χ0) is 19.6. The molecule has 27 heavy (non-hydrogen) atoms. The van der Waals surface area contributed by atoms with E-state index in [4.69, 9.17) is 4.74 Å². The van der Waals surface area contributed by atoms with Gasteiger partial charge < -0.3 is 9.64 Å². The van der Waals surface area contributed by atoms with Crippen LogP contribution in [0, 0.1) is 0 Å². The van der Waals surface area contributed by atoms with Gasteiger partial charge in [-0.25, -0.2) is 9.78 Å². The Morgan fingerprint density at radius 1 is 1.33 bits per heavy atom. The largest absolute Gasteiger partial charge is 0.416 e. The van der Waals surface area contributed by atoms with E-state index in [1.165, 1.54) is 27.9 Å². The third-order valence-electron chi connectivity index (χ3n) is 4.43. The standard InChI is InChI=1S/C18H18F3N3O3/c1-12-11-27-15(13-4-2-5-14(8-13)18(19,20)21)9-24(12)16(25)10-23-7-3-6-22-17(23)26/h2-8,12,15H,9-11H2,1H3. The molecule has 6 nitrogen and oxygen atoms in total. The van der Waals surface area contributed by atoms with Gasteiger partial charge in [0.2, 0.25) is 5.91 Å². The normalized spacial score (nSPS) is 20.5. The molecule has 1 amide bonds. The summed E-state index contributed by atoms with van der Waals surface area (Å²) in [5, 5.41) is 0. The van der Waals surface area contributed by atoms with Crippen LogP contribution in [0.5, 0.6) is 0 Å². The molecule has 0 saturated carbocycles. The molecule has 2 heterocycles. The first kappa shape index (κ1) is 19.1. The molecule has 2 atom stereocenters. The van der Waals surface area contributed by atoms with Crippen molar-refractivity contribution in [3.8, 4) is 0 Å². The molecule has 144 valence electrons. The van der Waals surface area contributed by atoms with E-state index in [2.05, 4.69) is 4.98 Å². The van der Waals surface area contributed by atoms with Crippen molar-refractivity contribution < 1.29 is 22.7 Å². The summed E-state index contributed by atoms with van der Waals surface area (Å²) in [6, 6.07) is 6.18. The lowest BCUT2D eigenvalue weighted by Gasteiger charge is -2.38. The van der Waals surface area contributed by atoms with Gasteiger partial charge in [0.05, 0.1) is 24.8 Å². The molecule has 1 aliphatic heterocycles. The van der Waals surface area contributed by atoms with Crippen LogP contribution in [0.25, 0.3) is 0 Å². The Morgan fingerprint density at radius 2 is 2.11 bits per heavy atom. The molecule has 0 spiro atoms. The Labute approximate surface area is 153 Å². The third-order valence-corrected chi connectivity index (χ3v) is 4.43. The number of hydrogen-bond acceptors (Lipinski definition) is 4. The number of morpholine rings is 1. The first-order valence-electron chi connectivity index (χ1n) is 8.35. The lowest BCUT2D eigenvalue weighted by atomic mass is 10.0. The molecule has 1 aromatic heterocycles. The summed E-state index contributed by atoms with van der Waals surface area (Å²) in [6.45, 7) is 1.89. The van der Waals surface area contributed by atoms with Crippen LogP contribution >= 0.6 is 0 Å². The monoisotopic (exact) mass is 381 g/mol. The number of amides is 1. The van der Waals surface area contributed by atoms with Crippen LogP contribution in [-0.4, -0.2) is 39.6 Å². The molecule has 9 heteroatoms. The van der Waals surface area contributed by atoms with Crippen LogP contribution < -0.4 is 5.69 Å². The molecule has 1 aromatic carbocycles. The van der Waals surface area contributed by atoms with Crippen molar-refractivity contribution in [1.29, 1.82) is 0 Å². The highest BCUT2D eigenvalue weighted by Gasteiger charge is 2.34. The molecule has 2 unspecified atom stereocenters. The minimum absolute atomic E-state index is 0.107. The second-order valence-electron chi connectivity index (χ2n) is 6.37. The molecular weight excluding hydrogens is 363 g/mol. The predicted molar refractivity (Wildman–Crippen MR) is 89.8 cm³/mol. The molecule has 1 saturated heterocycles. The summed E-state index contributed by atoms with van der Waals surface area (Å²) < 4.78 is 45.7.